The van der Waals surface area contributed by atoms with Crippen molar-refractivity contribution in [1.82, 2.24) is 0 Å². The second-order valence-electron chi connectivity index (χ2n) is 10.5. The molecule has 3 aliphatic heterocycles. The van der Waals surface area contributed by atoms with Crippen LogP contribution in [0, 0.1) is 0 Å². The van der Waals surface area contributed by atoms with E-state index < -0.39 is 0 Å². The normalized spacial score (nSPS) is 24.1. The van der Waals surface area contributed by atoms with Gasteiger partial charge in [0.2, 0.25) is 0 Å². The fraction of sp³-hybridized carbons (Fsp3) is 0.455. The third-order valence-electron chi connectivity index (χ3n) is 7.39. The van der Waals surface area contributed by atoms with Crippen molar-refractivity contribution in [3.8, 4) is 17.2 Å². The zero-order valence-electron chi connectivity index (χ0n) is 23.0. The topological polar surface area (TPSA) is 55.4 Å². The maximum Gasteiger partial charge on any atom is 0.199 e. The van der Waals surface area contributed by atoms with E-state index in [0.717, 1.165) is 94.9 Å². The smallest absolute Gasteiger partial charge is 0.199 e. The predicted molar refractivity (Wildman–Crippen MR) is 154 cm³/mol. The van der Waals surface area contributed by atoms with Gasteiger partial charge in [0.25, 0.3) is 0 Å². The van der Waals surface area contributed by atoms with E-state index in [1.54, 1.807) is 0 Å². The van der Waals surface area contributed by atoms with Gasteiger partial charge in [0.15, 0.2) is 33.6 Å². The maximum absolute atomic E-state index is 6.10. The van der Waals surface area contributed by atoms with Crippen LogP contribution in [-0.2, 0) is 25.1 Å². The van der Waals surface area contributed by atoms with Crippen LogP contribution in [0.15, 0.2) is 87.5 Å². The van der Waals surface area contributed by atoms with E-state index in [1.807, 2.05) is 0 Å². The Kier molecular flexibility index (Phi) is 9.45. The molecule has 0 N–H and O–H groups in total. The summed E-state index contributed by atoms with van der Waals surface area (Å²) >= 11 is 0. The highest BCUT2D eigenvalue weighted by Crippen LogP contribution is 2.35. The first kappa shape index (κ1) is 27.5. The van der Waals surface area contributed by atoms with Gasteiger partial charge in [0, 0.05) is 19.3 Å². The Morgan fingerprint density at radius 3 is 0.975 bits per heavy atom. The lowest BCUT2D eigenvalue weighted by atomic mass is 10.2. The van der Waals surface area contributed by atoms with E-state index in [9.17, 15) is 0 Å². The zero-order chi connectivity index (χ0) is 27.0. The second-order valence-corrected chi connectivity index (χ2v) is 12.5. The summed E-state index contributed by atoms with van der Waals surface area (Å²) in [7, 11) is -0.320. The molecule has 0 aliphatic carbocycles. The molecule has 0 aromatic heterocycles. The summed E-state index contributed by atoms with van der Waals surface area (Å²) in [5, 5.41) is 0. The third kappa shape index (κ3) is 7.32. The summed E-state index contributed by atoms with van der Waals surface area (Å²) in [4.78, 5) is 3.64. The van der Waals surface area contributed by atoms with E-state index in [1.165, 1.54) is 14.7 Å². The quantitative estimate of drug-likeness (QED) is 0.251. The molecule has 0 spiro atoms. The Morgan fingerprint density at radius 2 is 0.725 bits per heavy atom. The molecule has 0 radical (unpaired) electrons. The lowest BCUT2D eigenvalue weighted by Crippen LogP contribution is -2.25. The largest absolute Gasteiger partial charge is 0.465 e. The Labute approximate surface area is 240 Å². The van der Waals surface area contributed by atoms with Crippen molar-refractivity contribution < 1.29 is 28.4 Å². The van der Waals surface area contributed by atoms with Crippen molar-refractivity contribution in [2.45, 2.75) is 91.3 Å². The van der Waals surface area contributed by atoms with Gasteiger partial charge in [0.05, 0.1) is 30.7 Å². The Bertz CT molecular complexity index is 1010. The minimum absolute atomic E-state index is 0.153. The van der Waals surface area contributed by atoms with Crippen LogP contribution in [0.2, 0.25) is 0 Å². The van der Waals surface area contributed by atoms with Gasteiger partial charge in [-0.1, -0.05) is 0 Å². The van der Waals surface area contributed by atoms with Gasteiger partial charge in [-0.2, -0.15) is 0 Å². The van der Waals surface area contributed by atoms with Crippen molar-refractivity contribution in [2.75, 3.05) is 19.8 Å². The molecule has 3 atom stereocenters. The van der Waals surface area contributed by atoms with Crippen LogP contribution >= 0.6 is 0 Å². The molecular weight excluding hydrogens is 524 g/mol. The molecular formula is C33H39O6S+. The van der Waals surface area contributed by atoms with Crippen molar-refractivity contribution in [3.05, 3.63) is 72.8 Å². The summed E-state index contributed by atoms with van der Waals surface area (Å²) in [5.41, 5.74) is 0. The molecule has 3 unspecified atom stereocenters. The van der Waals surface area contributed by atoms with Gasteiger partial charge in [-0.05, 0) is 111 Å². The van der Waals surface area contributed by atoms with Crippen molar-refractivity contribution in [2.24, 2.45) is 0 Å². The summed E-state index contributed by atoms with van der Waals surface area (Å²) in [6.45, 7) is 2.31. The number of ether oxygens (including phenoxy) is 6. The molecule has 0 saturated carbocycles. The first-order valence-electron chi connectivity index (χ1n) is 14.7. The molecule has 40 heavy (non-hydrogen) atoms. The number of benzene rings is 3. The van der Waals surface area contributed by atoms with Crippen LogP contribution in [0.1, 0.15) is 57.8 Å². The summed E-state index contributed by atoms with van der Waals surface area (Å²) in [5.74, 6) is 2.52. The highest BCUT2D eigenvalue weighted by Gasteiger charge is 2.30. The first-order valence-corrected chi connectivity index (χ1v) is 15.9. The minimum atomic E-state index is -0.320. The average molecular weight is 564 g/mol. The van der Waals surface area contributed by atoms with Crippen molar-refractivity contribution in [3.63, 3.8) is 0 Å². The predicted octanol–water partition coefficient (Wildman–Crippen LogP) is 7.50. The van der Waals surface area contributed by atoms with Gasteiger partial charge >= 0.3 is 0 Å². The Hall–Kier alpha value is -2.71. The summed E-state index contributed by atoms with van der Waals surface area (Å²) in [6.07, 6.45) is 9.11. The van der Waals surface area contributed by atoms with Crippen LogP contribution in [-0.4, -0.2) is 38.7 Å². The van der Waals surface area contributed by atoms with Crippen molar-refractivity contribution in [1.29, 1.82) is 0 Å². The Balaban J connectivity index is 1.21. The van der Waals surface area contributed by atoms with E-state index in [0.29, 0.717) is 0 Å². The molecule has 6 nitrogen and oxygen atoms in total. The fourth-order valence-corrected chi connectivity index (χ4v) is 7.28. The lowest BCUT2D eigenvalue weighted by Gasteiger charge is -2.23. The first-order chi connectivity index (χ1) is 19.8. The monoisotopic (exact) mass is 563 g/mol. The van der Waals surface area contributed by atoms with Gasteiger partial charge in [-0.15, -0.1) is 0 Å². The second kappa shape index (κ2) is 13.8. The number of hydrogen-bond acceptors (Lipinski definition) is 6. The van der Waals surface area contributed by atoms with Crippen LogP contribution < -0.4 is 14.2 Å². The summed E-state index contributed by atoms with van der Waals surface area (Å²) in [6, 6.07) is 25.4. The Morgan fingerprint density at radius 1 is 0.425 bits per heavy atom. The fourth-order valence-electron chi connectivity index (χ4n) is 5.24. The summed E-state index contributed by atoms with van der Waals surface area (Å²) < 4.78 is 35.6. The molecule has 3 aliphatic rings. The lowest BCUT2D eigenvalue weighted by molar-refractivity contribution is -0.106. The molecule has 6 rings (SSSR count). The number of rotatable bonds is 9. The van der Waals surface area contributed by atoms with Gasteiger partial charge < -0.3 is 28.4 Å². The minimum Gasteiger partial charge on any atom is -0.465 e. The molecule has 3 heterocycles. The highest BCUT2D eigenvalue weighted by atomic mass is 32.2. The van der Waals surface area contributed by atoms with Gasteiger partial charge in [-0.25, -0.2) is 0 Å². The molecule has 0 bridgehead atoms. The van der Waals surface area contributed by atoms with E-state index in [-0.39, 0.29) is 29.8 Å². The zero-order valence-corrected chi connectivity index (χ0v) is 23.8. The standard InChI is InChI=1S/C33H39O6S/c1-4-22-34-31(7-1)37-25-10-16-28(17-11-25)40(29-18-12-26(13-19-29)38-32-8-2-5-23-35-32)30-20-14-27(15-21-30)39-33-9-3-6-24-36-33/h10-21,31-33H,1-9,22-24H2/q+1. The molecule has 3 fully saturated rings. The molecule has 3 aromatic rings. The van der Waals surface area contributed by atoms with E-state index >= 15 is 0 Å². The van der Waals surface area contributed by atoms with Crippen LogP contribution in [0.3, 0.4) is 0 Å². The van der Waals surface area contributed by atoms with Crippen LogP contribution in [0.25, 0.3) is 0 Å². The van der Waals surface area contributed by atoms with E-state index in [4.69, 9.17) is 28.4 Å². The molecule has 3 aromatic carbocycles. The van der Waals surface area contributed by atoms with Crippen molar-refractivity contribution >= 4 is 10.9 Å². The molecule has 0 amide bonds. The van der Waals surface area contributed by atoms with Gasteiger partial charge in [-0.3, -0.25) is 0 Å². The number of hydrogen-bond donors (Lipinski definition) is 0. The average Bonchev–Trinajstić information content (AvgIpc) is 3.01. The van der Waals surface area contributed by atoms with E-state index in [2.05, 4.69) is 72.8 Å². The molecule has 212 valence electrons. The van der Waals surface area contributed by atoms with Crippen LogP contribution in [0.4, 0.5) is 0 Å². The SMILES string of the molecule is c1cc([S+](c2ccc(OC3CCCCO3)cc2)c2ccc(OC3CCCCO3)cc2)ccc1OC1CCCCO1. The highest BCUT2D eigenvalue weighted by molar-refractivity contribution is 7.97. The third-order valence-corrected chi connectivity index (χ3v) is 9.63. The maximum atomic E-state index is 6.10. The molecule has 7 heteroatoms. The van der Waals surface area contributed by atoms with Crippen LogP contribution in [0.5, 0.6) is 17.2 Å². The van der Waals surface area contributed by atoms with Gasteiger partial charge in [0.1, 0.15) is 17.2 Å². The molecule has 3 saturated heterocycles.